The van der Waals surface area contributed by atoms with Gasteiger partial charge in [0.1, 0.15) is 11.5 Å². The van der Waals surface area contributed by atoms with Crippen molar-refractivity contribution in [3.63, 3.8) is 0 Å². The highest BCUT2D eigenvalue weighted by Crippen LogP contribution is 2.29. The first-order valence-corrected chi connectivity index (χ1v) is 4.24. The molecule has 0 radical (unpaired) electrons. The van der Waals surface area contributed by atoms with Crippen LogP contribution in [0, 0.1) is 0 Å². The molecular weight excluding hydrogens is 246 g/mol. The van der Waals surface area contributed by atoms with E-state index in [0.717, 1.165) is 0 Å². The number of benzene rings is 1. The van der Waals surface area contributed by atoms with Gasteiger partial charge in [-0.2, -0.15) is 0 Å². The SMILES string of the molecule is FCOc1ccc(OCF)c(Br)c1. The van der Waals surface area contributed by atoms with E-state index in [1.165, 1.54) is 18.2 Å². The first kappa shape index (κ1) is 10.2. The predicted molar refractivity (Wildman–Crippen MR) is 47.3 cm³/mol. The second-order valence-electron chi connectivity index (χ2n) is 2.10. The van der Waals surface area contributed by atoms with Crippen molar-refractivity contribution in [3.05, 3.63) is 22.7 Å². The Bertz CT molecular complexity index is 281. The highest BCUT2D eigenvalue weighted by molar-refractivity contribution is 9.10. The van der Waals surface area contributed by atoms with Crippen LogP contribution in [-0.2, 0) is 0 Å². The highest BCUT2D eigenvalue weighted by Gasteiger charge is 2.02. The summed E-state index contributed by atoms with van der Waals surface area (Å²) in [6, 6.07) is 4.49. The van der Waals surface area contributed by atoms with Crippen LogP contribution in [0.15, 0.2) is 22.7 Å². The highest BCUT2D eigenvalue weighted by atomic mass is 79.9. The summed E-state index contributed by atoms with van der Waals surface area (Å²) >= 11 is 3.12. The molecule has 0 unspecified atom stereocenters. The molecule has 1 aromatic rings. The predicted octanol–water partition coefficient (Wildman–Crippen LogP) is 3.06. The van der Waals surface area contributed by atoms with Crippen molar-refractivity contribution in [1.82, 2.24) is 0 Å². The van der Waals surface area contributed by atoms with E-state index < -0.39 is 13.7 Å². The minimum atomic E-state index is -0.901. The van der Waals surface area contributed by atoms with Crippen molar-refractivity contribution in [2.45, 2.75) is 0 Å². The number of alkyl halides is 2. The summed E-state index contributed by atoms with van der Waals surface area (Å²) in [5, 5.41) is 0. The zero-order valence-electron chi connectivity index (χ0n) is 6.60. The molecule has 2 nitrogen and oxygen atoms in total. The summed E-state index contributed by atoms with van der Waals surface area (Å²) < 4.78 is 33.2. The summed E-state index contributed by atoms with van der Waals surface area (Å²) in [5.74, 6) is 0.717. The molecule has 0 aromatic heterocycles. The fraction of sp³-hybridized carbons (Fsp3) is 0.250. The van der Waals surface area contributed by atoms with Crippen LogP contribution in [0.5, 0.6) is 11.5 Å². The number of hydrogen-bond donors (Lipinski definition) is 0. The van der Waals surface area contributed by atoms with E-state index in [2.05, 4.69) is 25.4 Å². The lowest BCUT2D eigenvalue weighted by molar-refractivity contribution is 0.185. The first-order chi connectivity index (χ1) is 6.27. The van der Waals surface area contributed by atoms with E-state index in [1.807, 2.05) is 0 Å². The number of halogens is 3. The van der Waals surface area contributed by atoms with Gasteiger partial charge in [0.15, 0.2) is 0 Å². The van der Waals surface area contributed by atoms with Gasteiger partial charge >= 0.3 is 0 Å². The van der Waals surface area contributed by atoms with Crippen molar-refractivity contribution in [1.29, 1.82) is 0 Å². The maximum absolute atomic E-state index is 11.8. The number of rotatable bonds is 4. The third-order valence-corrected chi connectivity index (χ3v) is 1.95. The average Bonchev–Trinajstić information content (AvgIpc) is 2.10. The monoisotopic (exact) mass is 252 g/mol. The Morgan fingerprint density at radius 2 is 1.85 bits per heavy atom. The summed E-state index contributed by atoms with van der Waals surface area (Å²) in [7, 11) is 0. The molecule has 0 aliphatic rings. The van der Waals surface area contributed by atoms with Crippen molar-refractivity contribution in [2.75, 3.05) is 13.7 Å². The van der Waals surface area contributed by atoms with Crippen LogP contribution in [0.1, 0.15) is 0 Å². The molecule has 0 spiro atoms. The number of hydrogen-bond acceptors (Lipinski definition) is 2. The minimum absolute atomic E-state index is 0.355. The first-order valence-electron chi connectivity index (χ1n) is 3.45. The van der Waals surface area contributed by atoms with Gasteiger partial charge in [0.05, 0.1) is 4.47 Å². The van der Waals surface area contributed by atoms with Crippen LogP contribution >= 0.6 is 15.9 Å². The van der Waals surface area contributed by atoms with Gasteiger partial charge in [0.2, 0.25) is 13.7 Å². The second-order valence-corrected chi connectivity index (χ2v) is 2.95. The zero-order valence-corrected chi connectivity index (χ0v) is 8.18. The zero-order chi connectivity index (χ0) is 9.68. The van der Waals surface area contributed by atoms with Gasteiger partial charge in [-0.1, -0.05) is 0 Å². The van der Waals surface area contributed by atoms with Crippen molar-refractivity contribution < 1.29 is 18.3 Å². The molecule has 0 N–H and O–H groups in total. The van der Waals surface area contributed by atoms with Crippen LogP contribution in [-0.4, -0.2) is 13.7 Å². The molecule has 13 heavy (non-hydrogen) atoms. The molecular formula is C8H7BrF2O2. The Labute approximate surface area is 82.6 Å². The fourth-order valence-corrected chi connectivity index (χ4v) is 1.28. The molecule has 5 heteroatoms. The summed E-state index contributed by atoms with van der Waals surface area (Å²) in [4.78, 5) is 0. The fourth-order valence-electron chi connectivity index (χ4n) is 0.810. The summed E-state index contributed by atoms with van der Waals surface area (Å²) in [6.45, 7) is -1.79. The molecule has 0 bridgehead atoms. The van der Waals surface area contributed by atoms with Gasteiger partial charge in [-0.15, -0.1) is 0 Å². The second kappa shape index (κ2) is 5.01. The smallest absolute Gasteiger partial charge is 0.228 e. The van der Waals surface area contributed by atoms with Crippen LogP contribution < -0.4 is 9.47 Å². The van der Waals surface area contributed by atoms with E-state index in [9.17, 15) is 8.78 Å². The van der Waals surface area contributed by atoms with Gasteiger partial charge in [0.25, 0.3) is 0 Å². The van der Waals surface area contributed by atoms with Gasteiger partial charge in [-0.05, 0) is 34.1 Å². The van der Waals surface area contributed by atoms with Gasteiger partial charge in [-0.25, -0.2) is 8.78 Å². The van der Waals surface area contributed by atoms with Crippen LogP contribution in [0.4, 0.5) is 8.78 Å². The third-order valence-electron chi connectivity index (χ3n) is 1.33. The van der Waals surface area contributed by atoms with E-state index in [1.54, 1.807) is 0 Å². The van der Waals surface area contributed by atoms with E-state index >= 15 is 0 Å². The Morgan fingerprint density at radius 3 is 2.38 bits per heavy atom. The Hall–Kier alpha value is -0.840. The van der Waals surface area contributed by atoms with Crippen molar-refractivity contribution in [2.24, 2.45) is 0 Å². The lowest BCUT2D eigenvalue weighted by atomic mass is 10.3. The topological polar surface area (TPSA) is 18.5 Å². The molecule has 0 fully saturated rings. The lowest BCUT2D eigenvalue weighted by Gasteiger charge is -2.06. The summed E-state index contributed by atoms with van der Waals surface area (Å²) in [6.07, 6.45) is 0. The van der Waals surface area contributed by atoms with E-state index in [0.29, 0.717) is 16.0 Å². The lowest BCUT2D eigenvalue weighted by Crippen LogP contribution is -1.93. The van der Waals surface area contributed by atoms with E-state index in [-0.39, 0.29) is 0 Å². The maximum atomic E-state index is 11.8. The molecule has 1 rings (SSSR count). The quantitative estimate of drug-likeness (QED) is 0.820. The molecule has 1 aromatic carbocycles. The Balaban J connectivity index is 2.79. The Morgan fingerprint density at radius 1 is 1.15 bits per heavy atom. The van der Waals surface area contributed by atoms with Gasteiger partial charge in [0, 0.05) is 0 Å². The maximum Gasteiger partial charge on any atom is 0.228 e. The third kappa shape index (κ3) is 2.84. The number of ether oxygens (including phenoxy) is 2. The normalized spacial score (nSPS) is 9.77. The van der Waals surface area contributed by atoms with Gasteiger partial charge < -0.3 is 9.47 Å². The van der Waals surface area contributed by atoms with Crippen LogP contribution in [0.25, 0.3) is 0 Å². The molecule has 0 aliphatic heterocycles. The molecule has 0 aliphatic carbocycles. The average molecular weight is 253 g/mol. The molecule has 72 valence electrons. The molecule has 0 amide bonds. The van der Waals surface area contributed by atoms with Crippen LogP contribution in [0.2, 0.25) is 0 Å². The standard InChI is InChI=1S/C8H7BrF2O2/c9-7-3-6(12-4-10)1-2-8(7)13-5-11/h1-3H,4-5H2. The van der Waals surface area contributed by atoms with Crippen molar-refractivity contribution >= 4 is 15.9 Å². The molecule has 0 saturated carbocycles. The van der Waals surface area contributed by atoms with E-state index in [4.69, 9.17) is 0 Å². The molecule has 0 atom stereocenters. The van der Waals surface area contributed by atoms with Crippen molar-refractivity contribution in [3.8, 4) is 11.5 Å². The summed E-state index contributed by atoms with van der Waals surface area (Å²) in [5.41, 5.74) is 0. The largest absolute Gasteiger partial charge is 0.463 e. The Kier molecular flexibility index (Phi) is 3.95. The minimum Gasteiger partial charge on any atom is -0.463 e. The molecule has 0 saturated heterocycles. The van der Waals surface area contributed by atoms with Gasteiger partial charge in [-0.3, -0.25) is 0 Å². The molecule has 0 heterocycles. The van der Waals surface area contributed by atoms with Crippen LogP contribution in [0.3, 0.4) is 0 Å².